The second kappa shape index (κ2) is 11.6. The van der Waals surface area contributed by atoms with Crippen molar-refractivity contribution >= 4 is 17.7 Å². The highest BCUT2D eigenvalue weighted by Crippen LogP contribution is 2.33. The van der Waals surface area contributed by atoms with E-state index in [0.29, 0.717) is 25.5 Å². The zero-order valence-corrected chi connectivity index (χ0v) is 19.1. The summed E-state index contributed by atoms with van der Waals surface area (Å²) in [6.07, 6.45) is 6.11. The van der Waals surface area contributed by atoms with Crippen LogP contribution in [-0.4, -0.2) is 37.3 Å². The van der Waals surface area contributed by atoms with Crippen molar-refractivity contribution in [3.8, 4) is 16.9 Å². The molecule has 3 rings (SSSR count). The van der Waals surface area contributed by atoms with Crippen LogP contribution in [0.25, 0.3) is 11.1 Å². The molecule has 0 saturated heterocycles. The number of aryl methyl sites for hydroxylation is 1. The van der Waals surface area contributed by atoms with E-state index in [2.05, 4.69) is 12.2 Å². The molecule has 2 aromatic carbocycles. The third kappa shape index (κ3) is 7.01. The Kier molecular flexibility index (Phi) is 8.54. The van der Waals surface area contributed by atoms with Crippen molar-refractivity contribution in [3.05, 3.63) is 48.0 Å². The highest BCUT2D eigenvalue weighted by molar-refractivity contribution is 5.92. The summed E-state index contributed by atoms with van der Waals surface area (Å²) >= 11 is 0. The van der Waals surface area contributed by atoms with Gasteiger partial charge in [-0.1, -0.05) is 44.0 Å². The first-order valence-corrected chi connectivity index (χ1v) is 11.6. The fourth-order valence-corrected chi connectivity index (χ4v) is 3.51. The topological polar surface area (TPSA) is 78.9 Å². The largest absolute Gasteiger partial charge is 0.493 e. The lowest BCUT2D eigenvalue weighted by Gasteiger charge is -2.19. The van der Waals surface area contributed by atoms with Gasteiger partial charge in [-0.05, 0) is 66.5 Å². The molecule has 2 N–H and O–H groups in total. The fourth-order valence-electron chi connectivity index (χ4n) is 3.51. The number of hydrogen-bond acceptors (Lipinski definition) is 3. The van der Waals surface area contributed by atoms with Crippen molar-refractivity contribution in [2.45, 2.75) is 51.9 Å². The molecular weight excluding hydrogens is 404 g/mol. The van der Waals surface area contributed by atoms with Gasteiger partial charge < -0.3 is 15.2 Å². The lowest BCUT2D eigenvalue weighted by Crippen LogP contribution is -2.37. The number of unbranched alkanes of at least 4 members (excludes halogenated alkanes) is 2. The van der Waals surface area contributed by atoms with Gasteiger partial charge in [-0.15, -0.1) is 0 Å². The Bertz CT molecular complexity index is 924. The normalized spacial score (nSPS) is 12.9. The number of aliphatic carboxylic acids is 1. The third-order valence-corrected chi connectivity index (χ3v) is 5.77. The number of rotatable bonds is 12. The average molecular weight is 439 g/mol. The fraction of sp³-hybridized carbons (Fsp3) is 0.462. The molecule has 2 aromatic rings. The summed E-state index contributed by atoms with van der Waals surface area (Å²) in [5, 5.41) is 12.0. The number of ether oxygens (including phenoxy) is 1. The van der Waals surface area contributed by atoms with Gasteiger partial charge in [0.1, 0.15) is 5.75 Å². The van der Waals surface area contributed by atoms with Crippen molar-refractivity contribution in [1.29, 1.82) is 0 Å². The van der Waals surface area contributed by atoms with Crippen LogP contribution < -0.4 is 15.0 Å². The maximum atomic E-state index is 12.5. The number of urea groups is 1. The summed E-state index contributed by atoms with van der Waals surface area (Å²) in [6, 6.07) is 13.7. The smallest absolute Gasteiger partial charge is 0.321 e. The van der Waals surface area contributed by atoms with Crippen LogP contribution in [0.15, 0.2) is 42.5 Å². The zero-order valence-electron chi connectivity index (χ0n) is 19.1. The van der Waals surface area contributed by atoms with Crippen LogP contribution in [0.1, 0.15) is 51.0 Å². The number of hydrogen-bond donors (Lipinski definition) is 2. The van der Waals surface area contributed by atoms with Crippen LogP contribution in [0.4, 0.5) is 10.5 Å². The lowest BCUT2D eigenvalue weighted by atomic mass is 10.0. The molecule has 0 bridgehead atoms. The van der Waals surface area contributed by atoms with E-state index in [1.807, 2.05) is 42.5 Å². The summed E-state index contributed by atoms with van der Waals surface area (Å²) in [5.74, 6) is 0.549. The second-order valence-corrected chi connectivity index (χ2v) is 8.52. The summed E-state index contributed by atoms with van der Waals surface area (Å²) in [7, 11) is 1.77. The summed E-state index contributed by atoms with van der Waals surface area (Å²) in [4.78, 5) is 25.1. The number of carbonyl (C=O) groups excluding carboxylic acids is 1. The van der Waals surface area contributed by atoms with Crippen LogP contribution >= 0.6 is 0 Å². The highest BCUT2D eigenvalue weighted by Gasteiger charge is 2.22. The molecule has 0 aromatic heterocycles. The van der Waals surface area contributed by atoms with Crippen LogP contribution in [-0.2, 0) is 11.2 Å². The Morgan fingerprint density at radius 3 is 2.62 bits per heavy atom. The molecular formula is C26H34N2O4. The van der Waals surface area contributed by atoms with E-state index in [9.17, 15) is 9.59 Å². The van der Waals surface area contributed by atoms with Gasteiger partial charge in [-0.3, -0.25) is 9.69 Å². The highest BCUT2D eigenvalue weighted by atomic mass is 16.5. The van der Waals surface area contributed by atoms with E-state index in [4.69, 9.17) is 9.84 Å². The molecule has 1 fully saturated rings. The van der Waals surface area contributed by atoms with Crippen molar-refractivity contribution in [3.63, 3.8) is 0 Å². The maximum absolute atomic E-state index is 12.5. The minimum Gasteiger partial charge on any atom is -0.493 e. The minimum absolute atomic E-state index is 0.0762. The first-order chi connectivity index (χ1) is 15.5. The molecule has 2 amide bonds. The number of nitrogens with one attached hydrogen (secondary N) is 1. The number of amides is 2. The second-order valence-electron chi connectivity index (χ2n) is 8.52. The molecule has 0 unspecified atom stereocenters. The molecule has 172 valence electrons. The molecule has 1 aliphatic carbocycles. The molecule has 32 heavy (non-hydrogen) atoms. The van der Waals surface area contributed by atoms with Gasteiger partial charge in [-0.25, -0.2) is 4.79 Å². The van der Waals surface area contributed by atoms with E-state index in [1.54, 1.807) is 11.9 Å². The summed E-state index contributed by atoms with van der Waals surface area (Å²) in [5.41, 5.74) is 3.69. The molecule has 0 heterocycles. The number of nitrogens with zero attached hydrogens (tertiary/aromatic N) is 1. The Morgan fingerprint density at radius 1 is 1.12 bits per heavy atom. The van der Waals surface area contributed by atoms with Gasteiger partial charge in [-0.2, -0.15) is 0 Å². The average Bonchev–Trinajstić information content (AvgIpc) is 3.63. The Hall–Kier alpha value is -3.02. The van der Waals surface area contributed by atoms with Crippen molar-refractivity contribution in [2.24, 2.45) is 5.92 Å². The van der Waals surface area contributed by atoms with Gasteiger partial charge in [0.05, 0.1) is 6.61 Å². The zero-order chi connectivity index (χ0) is 22.9. The quantitative estimate of drug-likeness (QED) is 0.429. The van der Waals surface area contributed by atoms with Crippen LogP contribution in [0.3, 0.4) is 0 Å². The third-order valence-electron chi connectivity index (χ3n) is 5.77. The minimum atomic E-state index is -0.814. The SMILES string of the molecule is CCCCCNC(=O)N(C)c1cccc(-c2ccc(CCC(=O)O)c(OCC3CC3)c2)c1. The Balaban J connectivity index is 1.75. The van der Waals surface area contributed by atoms with Gasteiger partial charge in [0.25, 0.3) is 0 Å². The van der Waals surface area contributed by atoms with E-state index >= 15 is 0 Å². The van der Waals surface area contributed by atoms with Gasteiger partial charge >= 0.3 is 12.0 Å². The van der Waals surface area contributed by atoms with Crippen molar-refractivity contribution < 1.29 is 19.4 Å². The number of anilines is 1. The van der Waals surface area contributed by atoms with Gasteiger partial charge in [0.15, 0.2) is 0 Å². The number of carboxylic acids is 1. The van der Waals surface area contributed by atoms with E-state index in [-0.39, 0.29) is 12.5 Å². The monoisotopic (exact) mass is 438 g/mol. The predicted molar refractivity (Wildman–Crippen MR) is 127 cm³/mol. The Labute approximate surface area is 190 Å². The number of carboxylic acid groups (broad SMARTS) is 1. The summed E-state index contributed by atoms with van der Waals surface area (Å²) < 4.78 is 6.07. The molecule has 6 heteroatoms. The first-order valence-electron chi connectivity index (χ1n) is 11.6. The first kappa shape index (κ1) is 23.6. The molecule has 0 aliphatic heterocycles. The van der Waals surface area contributed by atoms with Gasteiger partial charge in [0, 0.05) is 25.7 Å². The molecule has 6 nitrogen and oxygen atoms in total. The number of carbonyl (C=O) groups is 2. The molecule has 0 atom stereocenters. The van der Waals surface area contributed by atoms with E-state index < -0.39 is 5.97 Å². The molecule has 0 spiro atoms. The molecule has 0 radical (unpaired) electrons. The van der Waals surface area contributed by atoms with Crippen LogP contribution in [0.2, 0.25) is 0 Å². The predicted octanol–water partition coefficient (Wildman–Crippen LogP) is 5.50. The number of benzene rings is 2. The van der Waals surface area contributed by atoms with E-state index in [1.165, 1.54) is 12.8 Å². The van der Waals surface area contributed by atoms with Crippen molar-refractivity contribution in [1.82, 2.24) is 5.32 Å². The van der Waals surface area contributed by atoms with Gasteiger partial charge in [0.2, 0.25) is 0 Å². The molecule has 1 saturated carbocycles. The van der Waals surface area contributed by atoms with Crippen LogP contribution in [0.5, 0.6) is 5.75 Å². The standard InChI is InChI=1S/C26H34N2O4/c1-3-4-5-15-27-26(31)28(2)23-8-6-7-21(16-23)22-12-11-20(13-14-25(29)30)24(17-22)32-18-19-9-10-19/h6-8,11-12,16-17,19H,3-5,9-10,13-15,18H2,1-2H3,(H,27,31)(H,29,30). The van der Waals surface area contributed by atoms with Crippen LogP contribution in [0, 0.1) is 5.92 Å². The van der Waals surface area contributed by atoms with E-state index in [0.717, 1.165) is 47.4 Å². The summed E-state index contributed by atoms with van der Waals surface area (Å²) in [6.45, 7) is 3.49. The maximum Gasteiger partial charge on any atom is 0.321 e. The lowest BCUT2D eigenvalue weighted by molar-refractivity contribution is -0.136. The molecule has 1 aliphatic rings. The Morgan fingerprint density at radius 2 is 1.91 bits per heavy atom. The van der Waals surface area contributed by atoms with Crippen molar-refractivity contribution in [2.75, 3.05) is 25.1 Å².